The SMILES string of the molecule is CC(C)(C)OC(=O)N1CCN(c2ccc(Nc3cc(-c4c(F)cccc4F)nnc3C(N)=O)nc2)C(=O)C1. The first kappa shape index (κ1) is 26.4. The zero-order chi connectivity index (χ0) is 27.6. The Morgan fingerprint density at radius 1 is 1.08 bits per heavy atom. The van der Waals surface area contributed by atoms with Crippen molar-refractivity contribution >= 4 is 35.1 Å². The molecule has 1 aromatic carbocycles. The van der Waals surface area contributed by atoms with Gasteiger partial charge in [0.2, 0.25) is 5.91 Å². The van der Waals surface area contributed by atoms with Gasteiger partial charge in [0.15, 0.2) is 5.69 Å². The summed E-state index contributed by atoms with van der Waals surface area (Å²) < 4.78 is 33.8. The first-order chi connectivity index (χ1) is 17.9. The minimum Gasteiger partial charge on any atom is -0.444 e. The third-order valence-electron chi connectivity index (χ3n) is 5.44. The maximum absolute atomic E-state index is 14.3. The van der Waals surface area contributed by atoms with Crippen LogP contribution in [0.15, 0.2) is 42.6 Å². The maximum atomic E-state index is 14.3. The van der Waals surface area contributed by atoms with Crippen molar-refractivity contribution in [1.29, 1.82) is 0 Å². The van der Waals surface area contributed by atoms with Gasteiger partial charge in [-0.15, -0.1) is 10.2 Å². The summed E-state index contributed by atoms with van der Waals surface area (Å²) in [6.07, 6.45) is 0.869. The minimum absolute atomic E-state index is 0.0347. The molecule has 11 nitrogen and oxygen atoms in total. The van der Waals surface area contributed by atoms with Crippen molar-refractivity contribution in [1.82, 2.24) is 20.1 Å². The Morgan fingerprint density at radius 2 is 1.79 bits per heavy atom. The van der Waals surface area contributed by atoms with Crippen molar-refractivity contribution in [3.8, 4) is 11.3 Å². The van der Waals surface area contributed by atoms with E-state index >= 15 is 0 Å². The number of anilines is 3. The fourth-order valence-electron chi connectivity index (χ4n) is 3.72. The molecule has 1 fully saturated rings. The van der Waals surface area contributed by atoms with Gasteiger partial charge in [-0.05, 0) is 51.1 Å². The standard InChI is InChI=1S/C25H25F2N7O4/c1-25(2,3)38-24(37)33-9-10-34(20(35)13-33)14-7-8-19(29-12-14)30-18-11-17(31-32-22(18)23(28)36)21-15(26)5-4-6-16(21)27/h4-8,11-12H,9-10,13H2,1-3H3,(H2,28,36)(H,29,30,31). The van der Waals surface area contributed by atoms with E-state index in [4.69, 9.17) is 10.5 Å². The molecule has 0 unspecified atom stereocenters. The van der Waals surface area contributed by atoms with Crippen LogP contribution >= 0.6 is 0 Å². The van der Waals surface area contributed by atoms with E-state index in [1.54, 1.807) is 26.8 Å². The van der Waals surface area contributed by atoms with Crippen molar-refractivity contribution in [3.63, 3.8) is 0 Å². The number of hydrogen-bond acceptors (Lipinski definition) is 8. The maximum Gasteiger partial charge on any atom is 0.410 e. The van der Waals surface area contributed by atoms with E-state index in [9.17, 15) is 23.2 Å². The summed E-state index contributed by atoms with van der Waals surface area (Å²) in [6, 6.07) is 7.76. The first-order valence-corrected chi connectivity index (χ1v) is 11.6. The predicted octanol–water partition coefficient (Wildman–Crippen LogP) is 3.24. The van der Waals surface area contributed by atoms with Gasteiger partial charge < -0.3 is 20.7 Å². The van der Waals surface area contributed by atoms with Crippen LogP contribution in [-0.2, 0) is 9.53 Å². The summed E-state index contributed by atoms with van der Waals surface area (Å²) in [4.78, 5) is 43.9. The molecule has 4 rings (SSSR count). The van der Waals surface area contributed by atoms with E-state index in [2.05, 4.69) is 20.5 Å². The molecule has 0 aliphatic carbocycles. The fraction of sp³-hybridized carbons (Fsp3) is 0.280. The molecule has 3 amide bonds. The number of carbonyl (C=O) groups is 3. The van der Waals surface area contributed by atoms with Crippen molar-refractivity contribution in [2.45, 2.75) is 26.4 Å². The van der Waals surface area contributed by atoms with E-state index < -0.39 is 34.8 Å². The van der Waals surface area contributed by atoms with Gasteiger partial charge >= 0.3 is 6.09 Å². The summed E-state index contributed by atoms with van der Waals surface area (Å²) in [5.74, 6) is -2.68. The van der Waals surface area contributed by atoms with Crippen LogP contribution in [0.3, 0.4) is 0 Å². The molecule has 1 aliphatic rings. The highest BCUT2D eigenvalue weighted by Gasteiger charge is 2.31. The second kappa shape index (κ2) is 10.4. The molecule has 0 atom stereocenters. The Bertz CT molecular complexity index is 1370. The van der Waals surface area contributed by atoms with Gasteiger partial charge in [0.25, 0.3) is 5.91 Å². The number of ether oxygens (including phenoxy) is 1. The Kier molecular flexibility index (Phi) is 7.19. The molecule has 0 spiro atoms. The molecule has 3 aromatic rings. The van der Waals surface area contributed by atoms with Crippen LogP contribution in [0.4, 0.5) is 30.8 Å². The number of nitrogens with two attached hydrogens (primary N) is 1. The smallest absolute Gasteiger partial charge is 0.410 e. The van der Waals surface area contributed by atoms with Crippen LogP contribution in [0.2, 0.25) is 0 Å². The molecular formula is C25H25F2N7O4. The van der Waals surface area contributed by atoms with Gasteiger partial charge in [0.05, 0.1) is 23.1 Å². The van der Waals surface area contributed by atoms with Gasteiger partial charge in [-0.25, -0.2) is 18.6 Å². The van der Waals surface area contributed by atoms with E-state index in [0.29, 0.717) is 5.69 Å². The van der Waals surface area contributed by atoms with Crippen LogP contribution in [0.1, 0.15) is 31.3 Å². The number of nitrogens with one attached hydrogen (secondary N) is 1. The molecule has 13 heteroatoms. The highest BCUT2D eigenvalue weighted by molar-refractivity contribution is 5.98. The second-order valence-electron chi connectivity index (χ2n) is 9.43. The molecule has 2 aromatic heterocycles. The van der Waals surface area contributed by atoms with Crippen LogP contribution < -0.4 is 16.0 Å². The third-order valence-corrected chi connectivity index (χ3v) is 5.44. The molecule has 198 valence electrons. The third kappa shape index (κ3) is 5.82. The van der Waals surface area contributed by atoms with Crippen LogP contribution in [0.25, 0.3) is 11.3 Å². The summed E-state index contributed by atoms with van der Waals surface area (Å²) in [5.41, 5.74) is 4.41. The Balaban J connectivity index is 1.51. The number of rotatable bonds is 5. The zero-order valence-corrected chi connectivity index (χ0v) is 20.9. The molecule has 0 bridgehead atoms. The van der Waals surface area contributed by atoms with Crippen molar-refractivity contribution in [2.24, 2.45) is 5.73 Å². The van der Waals surface area contributed by atoms with E-state index in [0.717, 1.165) is 12.1 Å². The quantitative estimate of drug-likeness (QED) is 0.517. The second-order valence-corrected chi connectivity index (χ2v) is 9.43. The number of hydrogen-bond donors (Lipinski definition) is 2. The normalized spacial score (nSPS) is 13.9. The number of aromatic nitrogens is 3. The Morgan fingerprint density at radius 3 is 2.37 bits per heavy atom. The average Bonchev–Trinajstić information content (AvgIpc) is 2.83. The van der Waals surface area contributed by atoms with Crippen molar-refractivity contribution in [2.75, 3.05) is 29.9 Å². The first-order valence-electron chi connectivity index (χ1n) is 11.6. The van der Waals surface area contributed by atoms with Gasteiger partial charge in [0, 0.05) is 13.1 Å². The van der Waals surface area contributed by atoms with Gasteiger partial charge in [-0.1, -0.05) is 6.07 Å². The Labute approximate surface area is 216 Å². The molecular weight excluding hydrogens is 500 g/mol. The molecule has 0 radical (unpaired) electrons. The Hall–Kier alpha value is -4.68. The van der Waals surface area contributed by atoms with Gasteiger partial charge in [-0.2, -0.15) is 0 Å². The van der Waals surface area contributed by atoms with E-state index in [1.165, 1.54) is 34.2 Å². The molecule has 0 saturated carbocycles. The number of carbonyl (C=O) groups excluding carboxylic acids is 3. The highest BCUT2D eigenvalue weighted by Crippen LogP contribution is 2.28. The fourth-order valence-corrected chi connectivity index (χ4v) is 3.72. The number of halogens is 2. The largest absolute Gasteiger partial charge is 0.444 e. The number of piperazine rings is 1. The zero-order valence-electron chi connectivity index (χ0n) is 20.9. The van der Waals surface area contributed by atoms with Crippen molar-refractivity contribution in [3.05, 3.63) is 59.9 Å². The van der Waals surface area contributed by atoms with E-state index in [-0.39, 0.29) is 48.4 Å². The van der Waals surface area contributed by atoms with Crippen LogP contribution in [0, 0.1) is 11.6 Å². The molecule has 1 saturated heterocycles. The summed E-state index contributed by atoms with van der Waals surface area (Å²) in [5, 5.41) is 10.3. The lowest BCUT2D eigenvalue weighted by molar-refractivity contribution is -0.121. The number of pyridine rings is 1. The number of amides is 3. The lowest BCUT2D eigenvalue weighted by Gasteiger charge is -2.35. The van der Waals surface area contributed by atoms with Crippen LogP contribution in [-0.4, -0.2) is 63.2 Å². The molecule has 1 aliphatic heterocycles. The summed E-state index contributed by atoms with van der Waals surface area (Å²) in [7, 11) is 0. The highest BCUT2D eigenvalue weighted by atomic mass is 19.1. The van der Waals surface area contributed by atoms with Gasteiger partial charge in [-0.3, -0.25) is 14.5 Å². The monoisotopic (exact) mass is 525 g/mol. The molecule has 38 heavy (non-hydrogen) atoms. The van der Waals surface area contributed by atoms with Gasteiger partial charge in [0.1, 0.15) is 35.3 Å². The predicted molar refractivity (Wildman–Crippen MR) is 134 cm³/mol. The summed E-state index contributed by atoms with van der Waals surface area (Å²) >= 11 is 0. The number of benzene rings is 1. The average molecular weight is 526 g/mol. The summed E-state index contributed by atoms with van der Waals surface area (Å²) in [6.45, 7) is 5.62. The lowest BCUT2D eigenvalue weighted by atomic mass is 10.1. The lowest BCUT2D eigenvalue weighted by Crippen LogP contribution is -2.53. The molecule has 3 N–H and O–H groups in total. The minimum atomic E-state index is -0.911. The van der Waals surface area contributed by atoms with Crippen LogP contribution in [0.5, 0.6) is 0 Å². The number of nitrogens with zero attached hydrogens (tertiary/aromatic N) is 5. The molecule has 3 heterocycles. The number of primary amides is 1. The van der Waals surface area contributed by atoms with E-state index in [1.807, 2.05) is 0 Å². The topological polar surface area (TPSA) is 144 Å². The van der Waals surface area contributed by atoms with Crippen molar-refractivity contribution < 1.29 is 27.9 Å².